The standard InChI is InChI=1S/C18H22N2O4S/c1-12-6-4-5-9-20(12)16(21)11-24-17(22)10-15-18(23)19-13-7-2-3-8-14(13)25-15/h2-3,7-8,12,15H,4-6,9-11H2,1H3,(H,19,23)/t12-,15+/m1/s1. The molecule has 134 valence electrons. The Kier molecular flexibility index (Phi) is 5.63. The van der Waals surface area contributed by atoms with Crippen LogP contribution >= 0.6 is 11.8 Å². The molecule has 1 aromatic carbocycles. The number of benzene rings is 1. The lowest BCUT2D eigenvalue weighted by Crippen LogP contribution is -2.44. The molecule has 2 atom stereocenters. The van der Waals surface area contributed by atoms with Gasteiger partial charge in [-0.25, -0.2) is 0 Å². The van der Waals surface area contributed by atoms with Crippen molar-refractivity contribution in [2.24, 2.45) is 0 Å². The first-order valence-electron chi connectivity index (χ1n) is 8.56. The summed E-state index contributed by atoms with van der Waals surface area (Å²) in [4.78, 5) is 39.1. The molecular weight excluding hydrogens is 340 g/mol. The summed E-state index contributed by atoms with van der Waals surface area (Å²) in [7, 11) is 0. The molecule has 2 aliphatic heterocycles. The van der Waals surface area contributed by atoms with E-state index in [1.54, 1.807) is 4.90 Å². The number of thioether (sulfide) groups is 1. The quantitative estimate of drug-likeness (QED) is 0.833. The van der Waals surface area contributed by atoms with Crippen molar-refractivity contribution in [3.05, 3.63) is 24.3 Å². The van der Waals surface area contributed by atoms with E-state index in [1.807, 2.05) is 31.2 Å². The maximum atomic E-state index is 12.2. The number of rotatable bonds is 4. The van der Waals surface area contributed by atoms with Crippen molar-refractivity contribution in [2.75, 3.05) is 18.5 Å². The van der Waals surface area contributed by atoms with Gasteiger partial charge in [-0.1, -0.05) is 12.1 Å². The topological polar surface area (TPSA) is 75.7 Å². The first kappa shape index (κ1) is 17.8. The largest absolute Gasteiger partial charge is 0.456 e. The van der Waals surface area contributed by atoms with Gasteiger partial charge in [-0.3, -0.25) is 14.4 Å². The molecule has 2 heterocycles. The molecule has 0 saturated carbocycles. The molecule has 3 rings (SSSR count). The molecule has 25 heavy (non-hydrogen) atoms. The fourth-order valence-corrected chi connectivity index (χ4v) is 4.23. The number of amides is 2. The smallest absolute Gasteiger partial charge is 0.307 e. The van der Waals surface area contributed by atoms with Crippen molar-refractivity contribution in [1.29, 1.82) is 0 Å². The first-order chi connectivity index (χ1) is 12.0. The molecule has 7 heteroatoms. The molecule has 2 amide bonds. The summed E-state index contributed by atoms with van der Waals surface area (Å²) in [5.41, 5.74) is 0.761. The van der Waals surface area contributed by atoms with Crippen LogP contribution in [0.3, 0.4) is 0 Å². The highest BCUT2D eigenvalue weighted by Gasteiger charge is 2.30. The van der Waals surface area contributed by atoms with Gasteiger partial charge in [0.1, 0.15) is 0 Å². The molecular formula is C18H22N2O4S. The van der Waals surface area contributed by atoms with Crippen LogP contribution in [0.15, 0.2) is 29.2 Å². The van der Waals surface area contributed by atoms with Gasteiger partial charge in [0.05, 0.1) is 17.4 Å². The molecule has 6 nitrogen and oxygen atoms in total. The average Bonchev–Trinajstić information content (AvgIpc) is 2.61. The zero-order chi connectivity index (χ0) is 17.8. The van der Waals surface area contributed by atoms with Gasteiger partial charge in [-0.15, -0.1) is 11.8 Å². The van der Waals surface area contributed by atoms with E-state index in [-0.39, 0.29) is 30.9 Å². The minimum atomic E-state index is -0.536. The summed E-state index contributed by atoms with van der Waals surface area (Å²) >= 11 is 1.35. The molecule has 0 bridgehead atoms. The summed E-state index contributed by atoms with van der Waals surface area (Å²) in [6.07, 6.45) is 3.05. The monoisotopic (exact) mass is 362 g/mol. The van der Waals surface area contributed by atoms with Gasteiger partial charge in [0.25, 0.3) is 5.91 Å². The Morgan fingerprint density at radius 3 is 2.92 bits per heavy atom. The lowest BCUT2D eigenvalue weighted by molar-refractivity contribution is -0.153. The van der Waals surface area contributed by atoms with Gasteiger partial charge in [0.2, 0.25) is 5.91 Å². The molecule has 1 fully saturated rings. The number of nitrogens with one attached hydrogen (secondary N) is 1. The third kappa shape index (κ3) is 4.34. The SMILES string of the molecule is C[C@@H]1CCCCN1C(=O)COC(=O)C[C@@H]1Sc2ccccc2NC1=O. The van der Waals surface area contributed by atoms with E-state index in [1.165, 1.54) is 11.8 Å². The van der Waals surface area contributed by atoms with Crippen molar-refractivity contribution in [3.8, 4) is 0 Å². The summed E-state index contributed by atoms with van der Waals surface area (Å²) in [5.74, 6) is -0.895. The predicted molar refractivity (Wildman–Crippen MR) is 95.3 cm³/mol. The number of hydrogen-bond donors (Lipinski definition) is 1. The minimum Gasteiger partial charge on any atom is -0.456 e. The fraction of sp³-hybridized carbons (Fsp3) is 0.500. The summed E-state index contributed by atoms with van der Waals surface area (Å²) in [6.45, 7) is 2.48. The van der Waals surface area contributed by atoms with Crippen LogP contribution in [0, 0.1) is 0 Å². The zero-order valence-electron chi connectivity index (χ0n) is 14.2. The van der Waals surface area contributed by atoms with Crippen LogP contribution in [0.2, 0.25) is 0 Å². The summed E-state index contributed by atoms with van der Waals surface area (Å²) < 4.78 is 5.12. The minimum absolute atomic E-state index is 0.0479. The van der Waals surface area contributed by atoms with Crippen molar-refractivity contribution in [3.63, 3.8) is 0 Å². The number of ether oxygens (including phenoxy) is 1. The lowest BCUT2D eigenvalue weighted by atomic mass is 10.0. The Hall–Kier alpha value is -2.02. The van der Waals surface area contributed by atoms with E-state index in [0.29, 0.717) is 0 Å². The molecule has 0 aromatic heterocycles. The maximum absolute atomic E-state index is 12.2. The van der Waals surface area contributed by atoms with Gasteiger partial charge in [-0.05, 0) is 38.3 Å². The van der Waals surface area contributed by atoms with Crippen LogP contribution in [0.25, 0.3) is 0 Å². The van der Waals surface area contributed by atoms with Gasteiger partial charge in [0, 0.05) is 17.5 Å². The highest BCUT2D eigenvalue weighted by Crippen LogP contribution is 2.36. The Morgan fingerprint density at radius 2 is 2.12 bits per heavy atom. The number of carbonyl (C=O) groups excluding carboxylic acids is 3. The van der Waals surface area contributed by atoms with E-state index >= 15 is 0 Å². The van der Waals surface area contributed by atoms with Crippen molar-refractivity contribution >= 4 is 35.2 Å². The number of fused-ring (bicyclic) bond motifs is 1. The Labute approximate surface area is 151 Å². The zero-order valence-corrected chi connectivity index (χ0v) is 15.0. The van der Waals surface area contributed by atoms with E-state index in [9.17, 15) is 14.4 Å². The van der Waals surface area contributed by atoms with E-state index in [4.69, 9.17) is 4.74 Å². The molecule has 0 radical (unpaired) electrons. The first-order valence-corrected chi connectivity index (χ1v) is 9.44. The molecule has 1 saturated heterocycles. The van der Waals surface area contributed by atoms with E-state index in [0.717, 1.165) is 36.4 Å². The van der Waals surface area contributed by atoms with Gasteiger partial charge >= 0.3 is 5.97 Å². The maximum Gasteiger partial charge on any atom is 0.307 e. The second-order valence-electron chi connectivity index (χ2n) is 6.39. The number of para-hydroxylation sites is 1. The van der Waals surface area contributed by atoms with Crippen molar-refractivity contribution in [2.45, 2.75) is 48.8 Å². The van der Waals surface area contributed by atoms with Crippen LogP contribution < -0.4 is 5.32 Å². The van der Waals surface area contributed by atoms with Crippen LogP contribution in [-0.4, -0.2) is 47.1 Å². The number of carbonyl (C=O) groups is 3. The van der Waals surface area contributed by atoms with Crippen LogP contribution in [-0.2, 0) is 19.1 Å². The van der Waals surface area contributed by atoms with E-state index < -0.39 is 11.2 Å². The van der Waals surface area contributed by atoms with Crippen LogP contribution in [0.4, 0.5) is 5.69 Å². The highest BCUT2D eigenvalue weighted by molar-refractivity contribution is 8.01. The van der Waals surface area contributed by atoms with Crippen molar-refractivity contribution < 1.29 is 19.1 Å². The van der Waals surface area contributed by atoms with Gasteiger partial charge < -0.3 is 15.0 Å². The fourth-order valence-electron chi connectivity index (χ4n) is 3.13. The lowest BCUT2D eigenvalue weighted by Gasteiger charge is -2.33. The molecule has 2 aliphatic rings. The number of nitrogens with zero attached hydrogens (tertiary/aromatic N) is 1. The van der Waals surface area contributed by atoms with Gasteiger partial charge in [0.15, 0.2) is 6.61 Å². The number of esters is 1. The van der Waals surface area contributed by atoms with Crippen LogP contribution in [0.1, 0.15) is 32.6 Å². The second kappa shape index (κ2) is 7.91. The third-order valence-corrected chi connectivity index (χ3v) is 5.81. The van der Waals surface area contributed by atoms with Crippen LogP contribution in [0.5, 0.6) is 0 Å². The Bertz CT molecular complexity index is 679. The summed E-state index contributed by atoms with van der Waals surface area (Å²) in [5, 5.41) is 2.26. The van der Waals surface area contributed by atoms with E-state index in [2.05, 4.69) is 5.32 Å². The predicted octanol–water partition coefficient (Wildman–Crippen LogP) is 2.43. The number of hydrogen-bond acceptors (Lipinski definition) is 5. The number of likely N-dealkylation sites (tertiary alicyclic amines) is 1. The average molecular weight is 362 g/mol. The Morgan fingerprint density at radius 1 is 1.32 bits per heavy atom. The number of anilines is 1. The summed E-state index contributed by atoms with van der Waals surface area (Å²) in [6, 6.07) is 7.65. The molecule has 0 spiro atoms. The Balaban J connectivity index is 1.49. The molecule has 0 unspecified atom stereocenters. The van der Waals surface area contributed by atoms with Gasteiger partial charge in [-0.2, -0.15) is 0 Å². The molecule has 1 aromatic rings. The normalized spacial score (nSPS) is 22.8. The molecule has 1 N–H and O–H groups in total. The molecule has 0 aliphatic carbocycles. The number of piperidine rings is 1. The second-order valence-corrected chi connectivity index (χ2v) is 7.63. The van der Waals surface area contributed by atoms with Crippen molar-refractivity contribution in [1.82, 2.24) is 4.90 Å². The highest BCUT2D eigenvalue weighted by atomic mass is 32.2. The third-order valence-electron chi connectivity index (χ3n) is 4.54.